The molecule has 2 bridgehead atoms. The summed E-state index contributed by atoms with van der Waals surface area (Å²) in [5.74, 6) is -1.31. The van der Waals surface area contributed by atoms with E-state index in [0.29, 0.717) is 59.3 Å². The van der Waals surface area contributed by atoms with E-state index in [0.717, 1.165) is 60.9 Å². The lowest BCUT2D eigenvalue weighted by Gasteiger charge is -2.34. The number of nitrogens with zero attached hydrogens (tertiary/aromatic N) is 4. The van der Waals surface area contributed by atoms with Crippen LogP contribution in [0, 0.1) is 11.3 Å². The Kier molecular flexibility index (Phi) is 7.04. The number of carbonyl (C=O) groups is 2. The molecule has 1 saturated heterocycles. The van der Waals surface area contributed by atoms with Crippen molar-refractivity contribution in [2.24, 2.45) is 11.3 Å². The van der Waals surface area contributed by atoms with Gasteiger partial charge in [0.05, 0.1) is 42.1 Å². The number of amides is 2. The van der Waals surface area contributed by atoms with Crippen LogP contribution in [0.5, 0.6) is 0 Å². The molecule has 4 aliphatic rings. The molecule has 2 aromatic heterocycles. The first-order valence-corrected chi connectivity index (χ1v) is 17.5. The van der Waals surface area contributed by atoms with Gasteiger partial charge in [-0.25, -0.2) is 9.97 Å². The van der Waals surface area contributed by atoms with Gasteiger partial charge >= 0.3 is 0 Å². The molecule has 3 fully saturated rings. The minimum Gasteiger partial charge on any atom is -0.341 e. The number of alkyl halides is 2. The Morgan fingerprint density at radius 1 is 1.02 bits per heavy atom. The molecular weight excluding hydrogens is 636 g/mol. The number of H-pyrrole nitrogens is 2. The van der Waals surface area contributed by atoms with Crippen LogP contribution >= 0.6 is 0 Å². The molecule has 3 aromatic carbocycles. The number of likely N-dealkylation sites (tertiary alicyclic amines) is 1. The maximum Gasteiger partial charge on any atom is 0.299 e. The molecule has 2 amide bonds. The first-order chi connectivity index (χ1) is 24.1. The summed E-state index contributed by atoms with van der Waals surface area (Å²) in [4.78, 5) is 44.5. The minimum absolute atomic E-state index is 0.0197. The van der Waals surface area contributed by atoms with Crippen molar-refractivity contribution in [3.63, 3.8) is 0 Å². The number of hydrogen-bond acceptors (Lipinski definition) is 5. The Morgan fingerprint density at radius 3 is 2.48 bits per heavy atom. The van der Waals surface area contributed by atoms with E-state index in [9.17, 15) is 9.59 Å². The summed E-state index contributed by atoms with van der Waals surface area (Å²) in [7, 11) is 1.78. The number of piperidine rings is 1. The van der Waals surface area contributed by atoms with E-state index in [-0.39, 0.29) is 34.5 Å². The SMILES string of the molecule is CNCC(=O)N1[C@H]2CC[C@@H](C2)[C@H]1c1nc2ccc(-c3ccc4c(c3)C(F)(F)c3cc(-c5cnc(CN(C=O)CC6(C)CC6)[nH]5)ccc3-4)cc2[nH]1. The third-order valence-corrected chi connectivity index (χ3v) is 11.5. The summed E-state index contributed by atoms with van der Waals surface area (Å²) in [5, 5.41) is 2.99. The number of aromatic amines is 2. The first-order valence-electron chi connectivity index (χ1n) is 17.5. The largest absolute Gasteiger partial charge is 0.341 e. The van der Waals surface area contributed by atoms with Crippen LogP contribution in [0.4, 0.5) is 8.78 Å². The third-order valence-electron chi connectivity index (χ3n) is 11.5. The zero-order valence-electron chi connectivity index (χ0n) is 28.1. The number of hydrogen-bond donors (Lipinski definition) is 3. The van der Waals surface area contributed by atoms with Crippen LogP contribution in [0.25, 0.3) is 44.5 Å². The fourth-order valence-corrected chi connectivity index (χ4v) is 8.63. The second kappa shape index (κ2) is 11.3. The van der Waals surface area contributed by atoms with Gasteiger partial charge in [0.2, 0.25) is 12.3 Å². The average Bonchev–Trinajstić information content (AvgIpc) is 3.68. The lowest BCUT2D eigenvalue weighted by atomic mass is 9.98. The number of imidazole rings is 2. The highest BCUT2D eigenvalue weighted by atomic mass is 19.3. The van der Waals surface area contributed by atoms with Gasteiger partial charge in [-0.1, -0.05) is 37.3 Å². The molecule has 3 heterocycles. The number of fused-ring (bicyclic) bond motifs is 6. The van der Waals surface area contributed by atoms with Gasteiger partial charge in [-0.05, 0) is 97.0 Å². The Balaban J connectivity index is 0.977. The van der Waals surface area contributed by atoms with Crippen molar-refractivity contribution >= 4 is 23.4 Å². The number of halogens is 2. The zero-order chi connectivity index (χ0) is 34.4. The second-order valence-corrected chi connectivity index (χ2v) is 15.0. The maximum atomic E-state index is 16.2. The summed E-state index contributed by atoms with van der Waals surface area (Å²) in [6.45, 7) is 3.48. The van der Waals surface area contributed by atoms with E-state index in [4.69, 9.17) is 4.98 Å². The Morgan fingerprint density at radius 2 is 1.74 bits per heavy atom. The quantitative estimate of drug-likeness (QED) is 0.142. The van der Waals surface area contributed by atoms with Crippen LogP contribution < -0.4 is 5.32 Å². The lowest BCUT2D eigenvalue weighted by molar-refractivity contribution is -0.134. The molecular formula is C39H39F2N7O2. The van der Waals surface area contributed by atoms with Gasteiger partial charge in [-0.2, -0.15) is 8.78 Å². The van der Waals surface area contributed by atoms with E-state index < -0.39 is 5.92 Å². The monoisotopic (exact) mass is 675 g/mol. The summed E-state index contributed by atoms with van der Waals surface area (Å²) in [6, 6.07) is 16.4. The van der Waals surface area contributed by atoms with Crippen LogP contribution in [0.1, 0.15) is 67.8 Å². The van der Waals surface area contributed by atoms with Gasteiger partial charge < -0.3 is 25.1 Å². The topological polar surface area (TPSA) is 110 Å². The third kappa shape index (κ3) is 5.04. The Hall–Kier alpha value is -4.90. The average molecular weight is 676 g/mol. The highest BCUT2D eigenvalue weighted by Crippen LogP contribution is 2.53. The van der Waals surface area contributed by atoms with Gasteiger partial charge in [0.25, 0.3) is 5.92 Å². The molecule has 2 saturated carbocycles. The number of aromatic nitrogens is 4. The predicted octanol–water partition coefficient (Wildman–Crippen LogP) is 6.77. The zero-order valence-corrected chi connectivity index (χ0v) is 28.1. The predicted molar refractivity (Wildman–Crippen MR) is 186 cm³/mol. The Labute approximate surface area is 288 Å². The van der Waals surface area contributed by atoms with Crippen molar-refractivity contribution in [3.05, 3.63) is 83.6 Å². The van der Waals surface area contributed by atoms with Gasteiger partial charge in [0, 0.05) is 29.3 Å². The molecule has 1 aliphatic heterocycles. The van der Waals surface area contributed by atoms with Crippen molar-refractivity contribution in [2.45, 2.75) is 63.6 Å². The normalized spacial score (nSPS) is 22.2. The highest BCUT2D eigenvalue weighted by Gasteiger charge is 2.50. The van der Waals surface area contributed by atoms with E-state index in [1.165, 1.54) is 0 Å². The molecule has 3 aliphatic carbocycles. The molecule has 0 radical (unpaired) electrons. The summed E-state index contributed by atoms with van der Waals surface area (Å²) in [5.41, 5.74) is 5.51. The molecule has 3 N–H and O–H groups in total. The molecule has 9 rings (SSSR count). The lowest BCUT2D eigenvalue weighted by Crippen LogP contribution is -2.44. The molecule has 0 spiro atoms. The highest BCUT2D eigenvalue weighted by molar-refractivity contribution is 5.87. The Bertz CT molecular complexity index is 2170. The van der Waals surface area contributed by atoms with Crippen molar-refractivity contribution in [2.75, 3.05) is 20.1 Å². The van der Waals surface area contributed by atoms with Crippen molar-refractivity contribution in [1.29, 1.82) is 0 Å². The fourth-order valence-electron chi connectivity index (χ4n) is 8.63. The summed E-state index contributed by atoms with van der Waals surface area (Å²) >= 11 is 0. The van der Waals surface area contributed by atoms with Crippen LogP contribution in [-0.2, 0) is 22.1 Å². The molecule has 5 aromatic rings. The van der Waals surface area contributed by atoms with Crippen LogP contribution in [-0.4, -0.2) is 68.2 Å². The number of carbonyl (C=O) groups excluding carboxylic acids is 2. The van der Waals surface area contributed by atoms with Gasteiger partial charge in [0.15, 0.2) is 0 Å². The first kappa shape index (κ1) is 31.1. The van der Waals surface area contributed by atoms with Gasteiger partial charge in [-0.15, -0.1) is 0 Å². The van der Waals surface area contributed by atoms with Crippen LogP contribution in [0.15, 0.2) is 60.8 Å². The van der Waals surface area contributed by atoms with E-state index >= 15 is 8.78 Å². The van der Waals surface area contributed by atoms with Crippen LogP contribution in [0.2, 0.25) is 0 Å². The molecule has 9 nitrogen and oxygen atoms in total. The van der Waals surface area contributed by atoms with E-state index in [1.54, 1.807) is 42.4 Å². The van der Waals surface area contributed by atoms with Crippen molar-refractivity contribution in [3.8, 4) is 33.5 Å². The summed E-state index contributed by atoms with van der Waals surface area (Å²) < 4.78 is 32.5. The molecule has 0 unspecified atom stereocenters. The number of nitrogens with one attached hydrogen (secondary N) is 3. The number of likely N-dealkylation sites (N-methyl/N-ethyl adjacent to an activating group) is 1. The minimum atomic E-state index is -3.19. The maximum absolute atomic E-state index is 16.2. The van der Waals surface area contributed by atoms with Crippen molar-refractivity contribution in [1.82, 2.24) is 35.1 Å². The van der Waals surface area contributed by atoms with Gasteiger partial charge in [-0.3, -0.25) is 9.59 Å². The fraction of sp³-hybridized carbons (Fsp3) is 0.385. The van der Waals surface area contributed by atoms with Gasteiger partial charge in [0.1, 0.15) is 11.6 Å². The molecule has 50 heavy (non-hydrogen) atoms. The molecule has 256 valence electrons. The smallest absolute Gasteiger partial charge is 0.299 e. The molecule has 3 atom stereocenters. The van der Waals surface area contributed by atoms with E-state index in [2.05, 4.69) is 27.2 Å². The standard InChI is InChI=1S/C39H39F2N7O2/c1-38(11-12-38)20-47(21-49)19-34-43-17-33(44-34)24-5-9-28-27-8-4-22(14-29(27)39(40,41)30(28)15-24)23-6-10-31-32(16-23)46-37(45-31)36-25-3-7-26(13-25)48(36)35(50)18-42-2/h4-6,8-10,14-17,21,25-26,36,42H,3,7,11-13,18-20H2,1-2H3,(H,43,44)(H,45,46)/t25-,26-,36-/m0/s1. The second-order valence-electron chi connectivity index (χ2n) is 15.0. The number of rotatable bonds is 10. The summed E-state index contributed by atoms with van der Waals surface area (Å²) in [6.07, 6.45) is 7.81. The molecule has 11 heteroatoms. The number of benzene rings is 3. The van der Waals surface area contributed by atoms with E-state index in [1.807, 2.05) is 35.2 Å². The van der Waals surface area contributed by atoms with Crippen LogP contribution in [0.3, 0.4) is 0 Å². The van der Waals surface area contributed by atoms with Crippen molar-refractivity contribution < 1.29 is 18.4 Å².